The van der Waals surface area contributed by atoms with Crippen LogP contribution in [0.2, 0.25) is 5.02 Å². The SMILES string of the molecule is COc1cc(OC)c(NC(=O)NCCO)cc1Cl. The summed E-state index contributed by atoms with van der Waals surface area (Å²) in [6, 6.07) is 2.64. The molecule has 0 saturated heterocycles. The van der Waals surface area contributed by atoms with Crippen LogP contribution in [-0.4, -0.2) is 38.5 Å². The van der Waals surface area contributed by atoms with Gasteiger partial charge in [-0.2, -0.15) is 0 Å². The zero-order valence-corrected chi connectivity index (χ0v) is 10.9. The largest absolute Gasteiger partial charge is 0.495 e. The van der Waals surface area contributed by atoms with E-state index in [1.807, 2.05) is 0 Å². The predicted octanol–water partition coefficient (Wildman–Crippen LogP) is 1.47. The summed E-state index contributed by atoms with van der Waals surface area (Å²) in [7, 11) is 2.96. The van der Waals surface area contributed by atoms with E-state index in [9.17, 15) is 4.79 Å². The standard InChI is InChI=1S/C11H15ClN2O4/c1-17-9-6-10(18-2)8(5-7(9)12)14-11(16)13-3-4-15/h5-6,15H,3-4H2,1-2H3,(H2,13,14,16). The maximum atomic E-state index is 11.4. The Balaban J connectivity index is 2.87. The average Bonchev–Trinajstić information content (AvgIpc) is 2.36. The molecule has 1 aromatic carbocycles. The lowest BCUT2D eigenvalue weighted by atomic mass is 10.2. The molecule has 6 nitrogen and oxygen atoms in total. The third-order valence-electron chi connectivity index (χ3n) is 2.12. The second-order valence-electron chi connectivity index (χ2n) is 3.29. The van der Waals surface area contributed by atoms with Crippen molar-refractivity contribution in [1.82, 2.24) is 5.32 Å². The van der Waals surface area contributed by atoms with Crippen molar-refractivity contribution in [3.63, 3.8) is 0 Å². The molecule has 0 aliphatic carbocycles. The summed E-state index contributed by atoms with van der Waals surface area (Å²) in [4.78, 5) is 11.4. The molecule has 1 rings (SSSR count). The second kappa shape index (κ2) is 6.93. The molecule has 100 valence electrons. The third kappa shape index (κ3) is 3.68. The number of anilines is 1. The number of hydrogen-bond donors (Lipinski definition) is 3. The van der Waals surface area contributed by atoms with Crippen LogP contribution >= 0.6 is 11.6 Å². The van der Waals surface area contributed by atoms with Gasteiger partial charge in [0.05, 0.1) is 31.5 Å². The lowest BCUT2D eigenvalue weighted by molar-refractivity contribution is 0.244. The van der Waals surface area contributed by atoms with Gasteiger partial charge >= 0.3 is 6.03 Å². The molecular formula is C11H15ClN2O4. The fraction of sp³-hybridized carbons (Fsp3) is 0.364. The van der Waals surface area contributed by atoms with Crippen molar-refractivity contribution in [1.29, 1.82) is 0 Å². The van der Waals surface area contributed by atoms with Crippen molar-refractivity contribution >= 4 is 23.3 Å². The highest BCUT2D eigenvalue weighted by Gasteiger charge is 2.11. The number of benzene rings is 1. The molecule has 2 amide bonds. The van der Waals surface area contributed by atoms with E-state index >= 15 is 0 Å². The number of methoxy groups -OCH3 is 2. The fourth-order valence-corrected chi connectivity index (χ4v) is 1.53. The van der Waals surface area contributed by atoms with E-state index in [1.165, 1.54) is 20.3 Å². The van der Waals surface area contributed by atoms with E-state index in [4.69, 9.17) is 26.2 Å². The van der Waals surface area contributed by atoms with Gasteiger partial charge in [-0.05, 0) is 6.07 Å². The van der Waals surface area contributed by atoms with Crippen LogP contribution in [0.4, 0.5) is 10.5 Å². The number of ether oxygens (including phenoxy) is 2. The van der Waals surface area contributed by atoms with Crippen LogP contribution in [0.25, 0.3) is 0 Å². The van der Waals surface area contributed by atoms with Gasteiger partial charge in [0.2, 0.25) is 0 Å². The van der Waals surface area contributed by atoms with Gasteiger partial charge in [0.1, 0.15) is 11.5 Å². The third-order valence-corrected chi connectivity index (χ3v) is 2.41. The van der Waals surface area contributed by atoms with Crippen LogP contribution in [-0.2, 0) is 0 Å². The van der Waals surface area contributed by atoms with Crippen LogP contribution in [0, 0.1) is 0 Å². The zero-order chi connectivity index (χ0) is 13.5. The number of amides is 2. The minimum Gasteiger partial charge on any atom is -0.495 e. The van der Waals surface area contributed by atoms with E-state index in [0.29, 0.717) is 22.2 Å². The van der Waals surface area contributed by atoms with Crippen molar-refractivity contribution in [3.05, 3.63) is 17.2 Å². The zero-order valence-electron chi connectivity index (χ0n) is 10.1. The first kappa shape index (κ1) is 14.4. The number of nitrogens with one attached hydrogen (secondary N) is 2. The minimum absolute atomic E-state index is 0.131. The first-order valence-corrected chi connectivity index (χ1v) is 5.57. The number of aliphatic hydroxyl groups excluding tert-OH is 1. The second-order valence-corrected chi connectivity index (χ2v) is 3.70. The number of hydrogen-bond acceptors (Lipinski definition) is 4. The van der Waals surface area contributed by atoms with Gasteiger partial charge in [-0.25, -0.2) is 4.79 Å². The molecule has 0 spiro atoms. The summed E-state index contributed by atoms with van der Waals surface area (Å²) in [5.74, 6) is 0.880. The molecule has 7 heteroatoms. The molecule has 0 bridgehead atoms. The summed E-state index contributed by atoms with van der Waals surface area (Å²) >= 11 is 5.95. The number of halogens is 1. The highest BCUT2D eigenvalue weighted by molar-refractivity contribution is 6.32. The normalized spacial score (nSPS) is 9.78. The van der Waals surface area contributed by atoms with E-state index in [1.54, 1.807) is 6.07 Å². The van der Waals surface area contributed by atoms with Gasteiger partial charge < -0.3 is 25.2 Å². The van der Waals surface area contributed by atoms with Crippen molar-refractivity contribution in [3.8, 4) is 11.5 Å². The Bertz CT molecular complexity index is 426. The molecule has 3 N–H and O–H groups in total. The molecule has 0 aliphatic rings. The maximum Gasteiger partial charge on any atom is 0.319 e. The molecule has 0 aromatic heterocycles. The van der Waals surface area contributed by atoms with Crippen LogP contribution in [0.3, 0.4) is 0 Å². The lowest BCUT2D eigenvalue weighted by Gasteiger charge is -2.13. The van der Waals surface area contributed by atoms with Gasteiger partial charge in [0.25, 0.3) is 0 Å². The number of urea groups is 1. The Labute approximate surface area is 110 Å². The molecule has 0 radical (unpaired) electrons. The smallest absolute Gasteiger partial charge is 0.319 e. The minimum atomic E-state index is -0.455. The maximum absolute atomic E-state index is 11.4. The molecule has 0 fully saturated rings. The Hall–Kier alpha value is -1.66. The summed E-state index contributed by atoms with van der Waals surface area (Å²) in [5.41, 5.74) is 0.415. The van der Waals surface area contributed by atoms with Crippen molar-refractivity contribution in [2.75, 3.05) is 32.7 Å². The summed E-state index contributed by atoms with van der Waals surface area (Å²) in [5, 5.41) is 14.0. The molecule has 0 unspecified atom stereocenters. The van der Waals surface area contributed by atoms with Gasteiger partial charge in [-0.1, -0.05) is 11.6 Å². The number of carbonyl (C=O) groups excluding carboxylic acids is 1. The van der Waals surface area contributed by atoms with Gasteiger partial charge in [-0.15, -0.1) is 0 Å². The van der Waals surface area contributed by atoms with Gasteiger partial charge in [0, 0.05) is 12.6 Å². The molecule has 18 heavy (non-hydrogen) atoms. The highest BCUT2D eigenvalue weighted by Crippen LogP contribution is 2.35. The van der Waals surface area contributed by atoms with E-state index < -0.39 is 6.03 Å². The lowest BCUT2D eigenvalue weighted by Crippen LogP contribution is -2.31. The average molecular weight is 275 g/mol. The Morgan fingerprint density at radius 2 is 2.00 bits per heavy atom. The van der Waals surface area contributed by atoms with Gasteiger partial charge in [-0.3, -0.25) is 0 Å². The number of rotatable bonds is 5. The van der Waals surface area contributed by atoms with Crippen LogP contribution in [0.1, 0.15) is 0 Å². The van der Waals surface area contributed by atoms with Crippen molar-refractivity contribution in [2.45, 2.75) is 0 Å². The molecule has 0 heterocycles. The van der Waals surface area contributed by atoms with Crippen LogP contribution < -0.4 is 20.1 Å². The van der Waals surface area contributed by atoms with E-state index in [2.05, 4.69) is 10.6 Å². The van der Waals surface area contributed by atoms with Crippen LogP contribution in [0.5, 0.6) is 11.5 Å². The summed E-state index contributed by atoms with van der Waals surface area (Å²) < 4.78 is 10.2. The molecule has 1 aromatic rings. The molecule has 0 saturated carbocycles. The van der Waals surface area contributed by atoms with E-state index in [0.717, 1.165) is 0 Å². The molecule has 0 atom stereocenters. The Kier molecular flexibility index (Phi) is 5.54. The first-order chi connectivity index (χ1) is 8.62. The summed E-state index contributed by atoms with van der Waals surface area (Å²) in [6.07, 6.45) is 0. The quantitative estimate of drug-likeness (QED) is 0.760. The molecular weight excluding hydrogens is 260 g/mol. The van der Waals surface area contributed by atoms with Crippen molar-refractivity contribution < 1.29 is 19.4 Å². The monoisotopic (exact) mass is 274 g/mol. The molecule has 0 aliphatic heterocycles. The van der Waals surface area contributed by atoms with Crippen LogP contribution in [0.15, 0.2) is 12.1 Å². The number of aliphatic hydroxyl groups is 1. The van der Waals surface area contributed by atoms with E-state index in [-0.39, 0.29) is 13.2 Å². The predicted molar refractivity (Wildman–Crippen MR) is 68.7 cm³/mol. The summed E-state index contributed by atoms with van der Waals surface area (Å²) in [6.45, 7) is 0.0337. The Morgan fingerprint density at radius 3 is 2.56 bits per heavy atom. The van der Waals surface area contributed by atoms with Crippen molar-refractivity contribution in [2.24, 2.45) is 0 Å². The first-order valence-electron chi connectivity index (χ1n) is 5.19. The topological polar surface area (TPSA) is 79.8 Å². The fourth-order valence-electron chi connectivity index (χ4n) is 1.29. The Morgan fingerprint density at radius 1 is 1.33 bits per heavy atom. The van der Waals surface area contributed by atoms with Gasteiger partial charge in [0.15, 0.2) is 0 Å². The highest BCUT2D eigenvalue weighted by atomic mass is 35.5. The number of carbonyl (C=O) groups is 1.